The maximum Gasteiger partial charge on any atom is 1.00 e. The third-order valence-corrected chi connectivity index (χ3v) is 6.97. The van der Waals surface area contributed by atoms with Crippen molar-refractivity contribution in [3.05, 3.63) is 0 Å². The van der Waals surface area contributed by atoms with Crippen LogP contribution in [-0.4, -0.2) is 59.7 Å². The summed E-state index contributed by atoms with van der Waals surface area (Å²) in [6, 6.07) is 0. The van der Waals surface area contributed by atoms with Crippen LogP contribution >= 0.6 is 0 Å². The predicted octanol–water partition coefficient (Wildman–Crippen LogP) is -2.01. The van der Waals surface area contributed by atoms with Crippen molar-refractivity contribution >= 4 is 23.8 Å². The van der Waals surface area contributed by atoms with Crippen LogP contribution in [0, 0.1) is 0 Å². The quantitative estimate of drug-likeness (QED) is 0.0813. The molecule has 0 saturated heterocycles. The molecule has 0 radical (unpaired) electrons. The average Bonchev–Trinajstić information content (AvgIpc) is 2.87. The van der Waals surface area contributed by atoms with E-state index in [1.807, 2.05) is 0 Å². The first kappa shape index (κ1) is 44.3. The average molecular weight is 585 g/mol. The fourth-order valence-corrected chi connectivity index (χ4v) is 4.63. The summed E-state index contributed by atoms with van der Waals surface area (Å²) in [4.78, 5) is 50.0. The zero-order chi connectivity index (χ0) is 28.4. The molecule has 0 rings (SSSR count). The van der Waals surface area contributed by atoms with Crippen molar-refractivity contribution < 1.29 is 88.5 Å². The molecular formula is C30H54N2Na2O6. The standard InChI is InChI=1S/C30H56N2O6.2Na/c1-3-5-7-9-11-13-15-17-19-21-27(33)31(25-29(35)36)23-24-32(26-30(37)38)28(34)22-20-18-16-14-12-10-8-6-4-2;;/h3-26H2,1-2H3,(H,35,36)(H,37,38);;/q;2*+1/p-2. The second-order valence-corrected chi connectivity index (χ2v) is 10.5. The molecule has 0 fully saturated rings. The topological polar surface area (TPSA) is 121 Å². The van der Waals surface area contributed by atoms with Crippen LogP contribution < -0.4 is 69.3 Å². The van der Waals surface area contributed by atoms with E-state index < -0.39 is 25.0 Å². The number of carbonyl (C=O) groups excluding carboxylic acids is 4. The Morgan fingerprint density at radius 1 is 0.450 bits per heavy atom. The van der Waals surface area contributed by atoms with Crippen molar-refractivity contribution in [1.29, 1.82) is 0 Å². The minimum absolute atomic E-state index is 0. The van der Waals surface area contributed by atoms with Crippen LogP contribution in [0.15, 0.2) is 0 Å². The zero-order valence-electron chi connectivity index (χ0n) is 26.3. The molecule has 222 valence electrons. The van der Waals surface area contributed by atoms with Crippen LogP contribution in [0.3, 0.4) is 0 Å². The van der Waals surface area contributed by atoms with Crippen LogP contribution in [0.4, 0.5) is 0 Å². The number of nitrogens with zero attached hydrogens (tertiary/aromatic N) is 2. The molecule has 0 aliphatic heterocycles. The van der Waals surface area contributed by atoms with Gasteiger partial charge in [0.1, 0.15) is 0 Å². The van der Waals surface area contributed by atoms with Crippen molar-refractivity contribution in [2.24, 2.45) is 0 Å². The number of carboxylic acids is 2. The third kappa shape index (κ3) is 28.0. The second-order valence-electron chi connectivity index (χ2n) is 10.5. The SMILES string of the molecule is CCCCCCCCCCCC(=O)N(CCN(CC(=O)[O-])C(=O)CCCCCCCCCCC)CC(=O)[O-].[Na+].[Na+]. The van der Waals surface area contributed by atoms with E-state index in [-0.39, 0.29) is 96.9 Å². The van der Waals surface area contributed by atoms with Gasteiger partial charge in [-0.1, -0.05) is 117 Å². The van der Waals surface area contributed by atoms with Crippen molar-refractivity contribution in [2.75, 3.05) is 26.2 Å². The van der Waals surface area contributed by atoms with E-state index in [1.54, 1.807) is 0 Å². The van der Waals surface area contributed by atoms with Crippen LogP contribution in [0.5, 0.6) is 0 Å². The predicted molar refractivity (Wildman–Crippen MR) is 147 cm³/mol. The van der Waals surface area contributed by atoms with Gasteiger partial charge in [-0.25, -0.2) is 0 Å². The number of unbranched alkanes of at least 4 members (excludes halogenated alkanes) is 16. The molecule has 0 aliphatic rings. The van der Waals surface area contributed by atoms with Gasteiger partial charge in [-0.05, 0) is 12.8 Å². The molecule has 0 spiro atoms. The number of hydrogen-bond donors (Lipinski definition) is 0. The van der Waals surface area contributed by atoms with E-state index in [9.17, 15) is 29.4 Å². The summed E-state index contributed by atoms with van der Waals surface area (Å²) in [5, 5.41) is 22.4. The molecule has 0 aromatic carbocycles. The van der Waals surface area contributed by atoms with E-state index in [1.165, 1.54) is 64.2 Å². The molecule has 0 saturated carbocycles. The number of carbonyl (C=O) groups is 4. The van der Waals surface area contributed by atoms with Crippen molar-refractivity contribution in [3.63, 3.8) is 0 Å². The Hall–Kier alpha value is -0.120. The first-order chi connectivity index (χ1) is 18.3. The molecule has 40 heavy (non-hydrogen) atoms. The molecule has 2 amide bonds. The van der Waals surface area contributed by atoms with Gasteiger partial charge in [0.15, 0.2) is 0 Å². The van der Waals surface area contributed by atoms with Gasteiger partial charge in [0.25, 0.3) is 0 Å². The number of amides is 2. The Labute approximate surface area is 288 Å². The summed E-state index contributed by atoms with van der Waals surface area (Å²) >= 11 is 0. The van der Waals surface area contributed by atoms with Crippen LogP contribution in [0.2, 0.25) is 0 Å². The van der Waals surface area contributed by atoms with E-state index >= 15 is 0 Å². The number of carboxylic acid groups (broad SMARTS) is 2. The molecule has 0 unspecified atom stereocenters. The first-order valence-electron chi connectivity index (χ1n) is 15.3. The Morgan fingerprint density at radius 2 is 0.700 bits per heavy atom. The van der Waals surface area contributed by atoms with E-state index in [0.29, 0.717) is 12.8 Å². The van der Waals surface area contributed by atoms with Crippen LogP contribution in [0.1, 0.15) is 142 Å². The van der Waals surface area contributed by atoms with Gasteiger partial charge in [-0.15, -0.1) is 0 Å². The first-order valence-corrected chi connectivity index (χ1v) is 15.3. The molecule has 0 aromatic rings. The summed E-state index contributed by atoms with van der Waals surface area (Å²) in [6.07, 6.45) is 20.4. The van der Waals surface area contributed by atoms with Gasteiger partial charge < -0.3 is 29.6 Å². The summed E-state index contributed by atoms with van der Waals surface area (Å²) in [5.41, 5.74) is 0. The Morgan fingerprint density at radius 3 is 0.950 bits per heavy atom. The Kier molecular flexibility index (Phi) is 35.2. The van der Waals surface area contributed by atoms with Gasteiger partial charge in [0, 0.05) is 25.9 Å². The number of aliphatic carboxylic acids is 2. The molecule has 8 nitrogen and oxygen atoms in total. The summed E-state index contributed by atoms with van der Waals surface area (Å²) in [7, 11) is 0. The Bertz CT molecular complexity index is 598. The number of hydrogen-bond acceptors (Lipinski definition) is 6. The largest absolute Gasteiger partial charge is 1.00 e. The van der Waals surface area contributed by atoms with E-state index in [4.69, 9.17) is 0 Å². The smallest absolute Gasteiger partial charge is 0.548 e. The summed E-state index contributed by atoms with van der Waals surface area (Å²) < 4.78 is 0. The maximum absolute atomic E-state index is 12.6. The third-order valence-electron chi connectivity index (χ3n) is 6.97. The van der Waals surface area contributed by atoms with Crippen LogP contribution in [0.25, 0.3) is 0 Å². The molecule has 0 bridgehead atoms. The van der Waals surface area contributed by atoms with Gasteiger partial charge in [-0.2, -0.15) is 0 Å². The molecule has 0 atom stereocenters. The van der Waals surface area contributed by atoms with E-state index in [0.717, 1.165) is 48.3 Å². The van der Waals surface area contributed by atoms with E-state index in [2.05, 4.69) is 13.8 Å². The molecule has 0 N–H and O–H groups in total. The molecule has 0 aliphatic carbocycles. The molecule has 0 heterocycles. The zero-order valence-corrected chi connectivity index (χ0v) is 30.3. The van der Waals surface area contributed by atoms with Crippen LogP contribution in [-0.2, 0) is 19.2 Å². The fourth-order valence-electron chi connectivity index (χ4n) is 4.63. The Balaban J connectivity index is -0.00000684. The van der Waals surface area contributed by atoms with Gasteiger partial charge in [-0.3, -0.25) is 9.59 Å². The molecule has 0 aromatic heterocycles. The summed E-state index contributed by atoms with van der Waals surface area (Å²) in [5.74, 6) is -3.37. The molecular weight excluding hydrogens is 530 g/mol. The minimum atomic E-state index is -1.38. The second kappa shape index (κ2) is 31.8. The van der Waals surface area contributed by atoms with Gasteiger partial charge in [0.05, 0.1) is 25.0 Å². The van der Waals surface area contributed by atoms with Gasteiger partial charge in [0.2, 0.25) is 11.8 Å². The number of rotatable bonds is 27. The normalized spacial score (nSPS) is 10.3. The monoisotopic (exact) mass is 584 g/mol. The fraction of sp³-hybridized carbons (Fsp3) is 0.867. The van der Waals surface area contributed by atoms with Crippen molar-refractivity contribution in [1.82, 2.24) is 9.80 Å². The van der Waals surface area contributed by atoms with Crippen molar-refractivity contribution in [2.45, 2.75) is 142 Å². The van der Waals surface area contributed by atoms with Crippen molar-refractivity contribution in [3.8, 4) is 0 Å². The maximum atomic E-state index is 12.6. The molecule has 10 heteroatoms. The summed E-state index contributed by atoms with van der Waals surface area (Å²) in [6.45, 7) is 3.17. The minimum Gasteiger partial charge on any atom is -0.548 e. The van der Waals surface area contributed by atoms with Gasteiger partial charge >= 0.3 is 59.1 Å².